The van der Waals surface area contributed by atoms with Gasteiger partial charge in [0.2, 0.25) is 0 Å². The first-order valence-electron chi connectivity index (χ1n) is 5.69. The molecule has 90 valence electrons. The maximum absolute atomic E-state index is 5.82. The van der Waals surface area contributed by atoms with Crippen LogP contribution in [0.15, 0.2) is 0 Å². The fourth-order valence-corrected chi connectivity index (χ4v) is 2.16. The van der Waals surface area contributed by atoms with Crippen LogP contribution in [0.4, 0.5) is 0 Å². The maximum atomic E-state index is 5.82. The Morgan fingerprint density at radius 1 is 1.40 bits per heavy atom. The van der Waals surface area contributed by atoms with Gasteiger partial charge in [0.05, 0.1) is 12.2 Å². The van der Waals surface area contributed by atoms with Crippen LogP contribution >= 0.6 is 11.6 Å². The van der Waals surface area contributed by atoms with Crippen molar-refractivity contribution in [3.63, 3.8) is 0 Å². The zero-order valence-corrected chi connectivity index (χ0v) is 10.5. The summed E-state index contributed by atoms with van der Waals surface area (Å²) in [5.74, 6) is 0.596. The number of nitrogens with zero attached hydrogens (tertiary/aromatic N) is 1. The first kappa shape index (κ1) is 13.2. The first-order valence-corrected chi connectivity index (χ1v) is 6.22. The van der Waals surface area contributed by atoms with E-state index in [2.05, 4.69) is 11.8 Å². The van der Waals surface area contributed by atoms with E-state index in [-0.39, 0.29) is 6.10 Å². The van der Waals surface area contributed by atoms with Crippen molar-refractivity contribution in [3.05, 3.63) is 0 Å². The summed E-state index contributed by atoms with van der Waals surface area (Å²) in [5.41, 5.74) is 0. The second-order valence-electron chi connectivity index (χ2n) is 4.18. The Morgan fingerprint density at radius 2 is 2.20 bits per heavy atom. The molecular formula is C11H22ClNO2. The molecule has 0 saturated carbocycles. The van der Waals surface area contributed by atoms with E-state index in [1.807, 2.05) is 0 Å². The van der Waals surface area contributed by atoms with E-state index in [1.165, 1.54) is 6.42 Å². The lowest BCUT2D eigenvalue weighted by molar-refractivity contribution is -0.0667. The van der Waals surface area contributed by atoms with Gasteiger partial charge in [-0.2, -0.15) is 0 Å². The number of methoxy groups -OCH3 is 1. The van der Waals surface area contributed by atoms with E-state index in [1.54, 1.807) is 7.11 Å². The summed E-state index contributed by atoms with van der Waals surface area (Å²) in [5, 5.41) is 0. The van der Waals surface area contributed by atoms with Crippen molar-refractivity contribution in [2.45, 2.75) is 32.0 Å². The van der Waals surface area contributed by atoms with E-state index < -0.39 is 0 Å². The Kier molecular flexibility index (Phi) is 6.57. The van der Waals surface area contributed by atoms with Crippen LogP contribution in [0.2, 0.25) is 0 Å². The van der Waals surface area contributed by atoms with Crippen LogP contribution in [0.5, 0.6) is 0 Å². The molecule has 0 aliphatic carbocycles. The fourth-order valence-electron chi connectivity index (χ4n) is 1.99. The third-order valence-electron chi connectivity index (χ3n) is 2.65. The molecule has 1 saturated heterocycles. The standard InChI is InChI=1S/C11H22ClNO2/c1-10-8-13(5-3-4-6-14-2)9-11(7-12)15-10/h10-11H,3-9H2,1-2H3. The summed E-state index contributed by atoms with van der Waals surface area (Å²) in [6, 6.07) is 0. The smallest absolute Gasteiger partial charge is 0.0841 e. The van der Waals surface area contributed by atoms with Gasteiger partial charge in [0.15, 0.2) is 0 Å². The summed E-state index contributed by atoms with van der Waals surface area (Å²) < 4.78 is 10.7. The third-order valence-corrected chi connectivity index (χ3v) is 2.99. The minimum absolute atomic E-state index is 0.206. The van der Waals surface area contributed by atoms with Crippen molar-refractivity contribution in [2.75, 3.05) is 39.2 Å². The lowest BCUT2D eigenvalue weighted by atomic mass is 10.2. The molecule has 0 aromatic heterocycles. The zero-order valence-electron chi connectivity index (χ0n) is 9.75. The lowest BCUT2D eigenvalue weighted by Gasteiger charge is -2.36. The van der Waals surface area contributed by atoms with Crippen molar-refractivity contribution in [1.82, 2.24) is 4.90 Å². The SMILES string of the molecule is COCCCCN1CC(C)OC(CCl)C1. The summed E-state index contributed by atoms with van der Waals surface area (Å²) in [6.45, 7) is 6.10. The average molecular weight is 236 g/mol. The van der Waals surface area contributed by atoms with E-state index in [4.69, 9.17) is 21.1 Å². The number of alkyl halides is 1. The predicted molar refractivity (Wildman–Crippen MR) is 62.6 cm³/mol. The number of rotatable bonds is 6. The van der Waals surface area contributed by atoms with E-state index >= 15 is 0 Å². The molecule has 0 amide bonds. The van der Waals surface area contributed by atoms with Crippen molar-refractivity contribution in [2.24, 2.45) is 0 Å². The molecule has 15 heavy (non-hydrogen) atoms. The van der Waals surface area contributed by atoms with Crippen LogP contribution < -0.4 is 0 Å². The highest BCUT2D eigenvalue weighted by molar-refractivity contribution is 6.18. The number of ether oxygens (including phenoxy) is 2. The molecule has 1 fully saturated rings. The fraction of sp³-hybridized carbons (Fsp3) is 1.00. The Morgan fingerprint density at radius 3 is 2.87 bits per heavy atom. The molecule has 0 bridgehead atoms. The van der Waals surface area contributed by atoms with E-state index in [0.29, 0.717) is 12.0 Å². The minimum atomic E-state index is 0.206. The van der Waals surface area contributed by atoms with E-state index in [0.717, 1.165) is 32.7 Å². The molecule has 2 unspecified atom stereocenters. The van der Waals surface area contributed by atoms with Crippen LogP contribution in [-0.4, -0.2) is 56.3 Å². The van der Waals surface area contributed by atoms with Crippen molar-refractivity contribution in [3.8, 4) is 0 Å². The molecule has 2 atom stereocenters. The zero-order chi connectivity index (χ0) is 11.1. The number of hydrogen-bond donors (Lipinski definition) is 0. The third kappa shape index (κ3) is 5.16. The van der Waals surface area contributed by atoms with Crippen LogP contribution in [0.3, 0.4) is 0 Å². The van der Waals surface area contributed by atoms with Gasteiger partial charge in [-0.25, -0.2) is 0 Å². The van der Waals surface area contributed by atoms with Gasteiger partial charge in [0.1, 0.15) is 0 Å². The molecule has 1 aliphatic rings. The predicted octanol–water partition coefficient (Wildman–Crippen LogP) is 1.74. The van der Waals surface area contributed by atoms with E-state index in [9.17, 15) is 0 Å². The van der Waals surface area contributed by atoms with Gasteiger partial charge in [-0.1, -0.05) is 0 Å². The van der Waals surface area contributed by atoms with Gasteiger partial charge < -0.3 is 9.47 Å². The molecule has 3 nitrogen and oxygen atoms in total. The van der Waals surface area contributed by atoms with Gasteiger partial charge in [0, 0.05) is 32.7 Å². The summed E-state index contributed by atoms with van der Waals surface area (Å²) >= 11 is 5.82. The molecule has 1 rings (SSSR count). The van der Waals surface area contributed by atoms with Gasteiger partial charge in [-0.15, -0.1) is 11.6 Å². The molecule has 0 N–H and O–H groups in total. The molecular weight excluding hydrogens is 214 g/mol. The molecule has 0 aromatic carbocycles. The monoisotopic (exact) mass is 235 g/mol. The highest BCUT2D eigenvalue weighted by Crippen LogP contribution is 2.12. The normalized spacial score (nSPS) is 28.2. The number of morpholine rings is 1. The van der Waals surface area contributed by atoms with Gasteiger partial charge in [0.25, 0.3) is 0 Å². The highest BCUT2D eigenvalue weighted by Gasteiger charge is 2.23. The summed E-state index contributed by atoms with van der Waals surface area (Å²) in [4.78, 5) is 2.44. The Bertz CT molecular complexity index is 169. The number of halogens is 1. The number of hydrogen-bond acceptors (Lipinski definition) is 3. The maximum Gasteiger partial charge on any atom is 0.0841 e. The summed E-state index contributed by atoms with van der Waals surface area (Å²) in [7, 11) is 1.75. The van der Waals surface area contributed by atoms with Gasteiger partial charge in [-0.05, 0) is 26.3 Å². The molecule has 0 radical (unpaired) electrons. The molecule has 0 aromatic rings. The summed E-state index contributed by atoms with van der Waals surface area (Å²) in [6.07, 6.45) is 2.84. The quantitative estimate of drug-likeness (QED) is 0.517. The Balaban J connectivity index is 2.16. The van der Waals surface area contributed by atoms with Crippen molar-refractivity contribution < 1.29 is 9.47 Å². The second-order valence-corrected chi connectivity index (χ2v) is 4.49. The number of unbranched alkanes of at least 4 members (excludes halogenated alkanes) is 1. The molecule has 4 heteroatoms. The first-order chi connectivity index (χ1) is 7.26. The van der Waals surface area contributed by atoms with Crippen molar-refractivity contribution >= 4 is 11.6 Å². The molecule has 1 aliphatic heterocycles. The Hall–Kier alpha value is 0.170. The highest BCUT2D eigenvalue weighted by atomic mass is 35.5. The molecule has 1 heterocycles. The van der Waals surface area contributed by atoms with Crippen LogP contribution in [0.1, 0.15) is 19.8 Å². The largest absolute Gasteiger partial charge is 0.385 e. The van der Waals surface area contributed by atoms with Gasteiger partial charge >= 0.3 is 0 Å². The van der Waals surface area contributed by atoms with Crippen LogP contribution in [0, 0.1) is 0 Å². The lowest BCUT2D eigenvalue weighted by Crippen LogP contribution is -2.47. The minimum Gasteiger partial charge on any atom is -0.385 e. The van der Waals surface area contributed by atoms with Crippen LogP contribution in [-0.2, 0) is 9.47 Å². The van der Waals surface area contributed by atoms with Crippen LogP contribution in [0.25, 0.3) is 0 Å². The topological polar surface area (TPSA) is 21.7 Å². The average Bonchev–Trinajstić information content (AvgIpc) is 2.23. The molecule has 0 spiro atoms. The second kappa shape index (κ2) is 7.44. The van der Waals surface area contributed by atoms with Crippen molar-refractivity contribution in [1.29, 1.82) is 0 Å². The Labute approximate surface area is 97.7 Å². The van der Waals surface area contributed by atoms with Gasteiger partial charge in [-0.3, -0.25) is 4.90 Å².